The Balaban J connectivity index is 2.18. The molecule has 1 aromatic heterocycles. The second-order valence-electron chi connectivity index (χ2n) is 5.87. The zero-order valence-corrected chi connectivity index (χ0v) is 14.1. The van der Waals surface area contributed by atoms with Crippen LogP contribution in [0, 0.1) is 5.82 Å². The van der Waals surface area contributed by atoms with Gasteiger partial charge in [-0.1, -0.05) is 26.0 Å². The van der Waals surface area contributed by atoms with Gasteiger partial charge in [-0.25, -0.2) is 9.18 Å². The number of benzene rings is 2. The van der Waals surface area contributed by atoms with Crippen molar-refractivity contribution in [2.75, 3.05) is 7.11 Å². The highest BCUT2D eigenvalue weighted by Crippen LogP contribution is 2.26. The molecule has 1 heterocycles. The van der Waals surface area contributed by atoms with Gasteiger partial charge in [0.05, 0.1) is 18.4 Å². The molecule has 0 aliphatic heterocycles. The van der Waals surface area contributed by atoms with E-state index in [1.54, 1.807) is 28.9 Å². The van der Waals surface area contributed by atoms with E-state index < -0.39 is 5.97 Å². The second-order valence-corrected chi connectivity index (χ2v) is 5.87. The predicted molar refractivity (Wildman–Crippen MR) is 90.0 cm³/mol. The van der Waals surface area contributed by atoms with Gasteiger partial charge in [0.2, 0.25) is 0 Å². The molecule has 0 saturated carbocycles. The summed E-state index contributed by atoms with van der Waals surface area (Å²) in [4.78, 5) is 12.0. The molecule has 0 amide bonds. The summed E-state index contributed by atoms with van der Waals surface area (Å²) in [5.41, 5.74) is 2.51. The van der Waals surface area contributed by atoms with Crippen LogP contribution in [0.3, 0.4) is 0 Å². The molecule has 0 radical (unpaired) electrons. The van der Waals surface area contributed by atoms with Crippen molar-refractivity contribution < 1.29 is 13.9 Å². The van der Waals surface area contributed by atoms with Gasteiger partial charge in [0.25, 0.3) is 0 Å². The molecular formula is C18H17FN4O2. The van der Waals surface area contributed by atoms with Gasteiger partial charge < -0.3 is 4.74 Å². The molecule has 0 aliphatic rings. The zero-order valence-electron chi connectivity index (χ0n) is 14.1. The maximum Gasteiger partial charge on any atom is 0.337 e. The average molecular weight is 340 g/mol. The third kappa shape index (κ3) is 3.40. The number of nitrogens with zero attached hydrogens (tertiary/aromatic N) is 4. The van der Waals surface area contributed by atoms with Crippen molar-refractivity contribution in [2.24, 2.45) is 0 Å². The fourth-order valence-corrected chi connectivity index (χ4v) is 2.52. The molecule has 128 valence electrons. The summed E-state index contributed by atoms with van der Waals surface area (Å²) in [6.07, 6.45) is 0. The summed E-state index contributed by atoms with van der Waals surface area (Å²) >= 11 is 0. The number of esters is 1. The van der Waals surface area contributed by atoms with Crippen LogP contribution < -0.4 is 0 Å². The Kier molecular flexibility index (Phi) is 4.56. The average Bonchev–Trinajstić information content (AvgIpc) is 3.11. The van der Waals surface area contributed by atoms with E-state index in [0.29, 0.717) is 17.1 Å². The Morgan fingerprint density at radius 2 is 1.84 bits per heavy atom. The number of ether oxygens (including phenoxy) is 1. The molecule has 0 bridgehead atoms. The molecule has 3 rings (SSSR count). The van der Waals surface area contributed by atoms with Gasteiger partial charge >= 0.3 is 5.97 Å². The maximum atomic E-state index is 13.2. The van der Waals surface area contributed by atoms with Crippen molar-refractivity contribution in [1.82, 2.24) is 20.2 Å². The van der Waals surface area contributed by atoms with Gasteiger partial charge in [0.15, 0.2) is 5.82 Å². The molecule has 0 saturated heterocycles. The summed E-state index contributed by atoms with van der Waals surface area (Å²) in [5, 5.41) is 11.8. The van der Waals surface area contributed by atoms with E-state index in [-0.39, 0.29) is 11.7 Å². The minimum absolute atomic E-state index is 0.103. The van der Waals surface area contributed by atoms with Crippen LogP contribution in [0.2, 0.25) is 0 Å². The van der Waals surface area contributed by atoms with Gasteiger partial charge in [-0.05, 0) is 51.9 Å². The van der Waals surface area contributed by atoms with Gasteiger partial charge in [0, 0.05) is 5.92 Å². The van der Waals surface area contributed by atoms with Crippen molar-refractivity contribution in [2.45, 2.75) is 19.8 Å². The molecule has 0 atom stereocenters. The predicted octanol–water partition coefficient (Wildman–Crippen LogP) is 3.38. The molecule has 0 unspecified atom stereocenters. The van der Waals surface area contributed by atoms with Gasteiger partial charge in [-0.2, -0.15) is 4.68 Å². The molecule has 7 heteroatoms. The highest BCUT2D eigenvalue weighted by atomic mass is 19.1. The maximum absolute atomic E-state index is 13.2. The second kappa shape index (κ2) is 6.80. The first kappa shape index (κ1) is 16.8. The lowest BCUT2D eigenvalue weighted by Crippen LogP contribution is -2.08. The Morgan fingerprint density at radius 3 is 2.48 bits per heavy atom. The fourth-order valence-electron chi connectivity index (χ4n) is 2.52. The third-order valence-corrected chi connectivity index (χ3v) is 3.77. The minimum atomic E-state index is -0.468. The number of methoxy groups -OCH3 is 1. The van der Waals surface area contributed by atoms with Gasteiger partial charge in [-0.15, -0.1) is 5.10 Å². The van der Waals surface area contributed by atoms with Crippen LogP contribution >= 0.6 is 0 Å². The third-order valence-electron chi connectivity index (χ3n) is 3.77. The summed E-state index contributed by atoms with van der Waals surface area (Å²) < 4.78 is 19.6. The van der Waals surface area contributed by atoms with Crippen molar-refractivity contribution >= 4 is 5.97 Å². The molecule has 0 aliphatic carbocycles. The first-order valence-electron chi connectivity index (χ1n) is 7.77. The van der Waals surface area contributed by atoms with E-state index in [1.165, 1.54) is 19.2 Å². The summed E-state index contributed by atoms with van der Waals surface area (Å²) in [6.45, 7) is 3.96. The van der Waals surface area contributed by atoms with Crippen LogP contribution in [-0.2, 0) is 4.74 Å². The number of tetrazole rings is 1. The lowest BCUT2D eigenvalue weighted by atomic mass is 10.0. The van der Waals surface area contributed by atoms with Crippen molar-refractivity contribution in [1.29, 1.82) is 0 Å². The first-order chi connectivity index (χ1) is 12.0. The quantitative estimate of drug-likeness (QED) is 0.681. The standard InChI is InChI=1S/C18H17FN4O2/c1-11(2)17-20-21-22-23(17)16-9-13(8-14(10-16)18(24)25-3)12-4-6-15(19)7-5-12/h4-11H,1-3H3. The lowest BCUT2D eigenvalue weighted by molar-refractivity contribution is 0.0600. The summed E-state index contributed by atoms with van der Waals surface area (Å²) in [7, 11) is 1.32. The highest BCUT2D eigenvalue weighted by Gasteiger charge is 2.16. The van der Waals surface area contributed by atoms with Crippen molar-refractivity contribution in [3.05, 3.63) is 59.7 Å². The number of carbonyl (C=O) groups is 1. The first-order valence-corrected chi connectivity index (χ1v) is 7.77. The number of hydrogen-bond acceptors (Lipinski definition) is 5. The SMILES string of the molecule is COC(=O)c1cc(-c2ccc(F)cc2)cc(-n2nnnc2C(C)C)c1. The van der Waals surface area contributed by atoms with E-state index in [4.69, 9.17) is 4.74 Å². The van der Waals surface area contributed by atoms with Crippen LogP contribution in [0.15, 0.2) is 42.5 Å². The number of halogens is 1. The number of rotatable bonds is 4. The molecule has 0 spiro atoms. The summed E-state index contributed by atoms with van der Waals surface area (Å²) in [5.74, 6) is -0.0156. The topological polar surface area (TPSA) is 69.9 Å². The van der Waals surface area contributed by atoms with Crippen LogP contribution in [0.4, 0.5) is 4.39 Å². The Bertz CT molecular complexity index is 904. The largest absolute Gasteiger partial charge is 0.465 e. The number of hydrogen-bond donors (Lipinski definition) is 0. The smallest absolute Gasteiger partial charge is 0.337 e. The normalized spacial score (nSPS) is 10.9. The molecular weight excluding hydrogens is 323 g/mol. The van der Waals surface area contributed by atoms with E-state index in [2.05, 4.69) is 15.5 Å². The zero-order chi connectivity index (χ0) is 18.0. The molecule has 2 aromatic carbocycles. The minimum Gasteiger partial charge on any atom is -0.465 e. The van der Waals surface area contributed by atoms with E-state index in [9.17, 15) is 9.18 Å². The van der Waals surface area contributed by atoms with E-state index in [0.717, 1.165) is 11.1 Å². The molecule has 25 heavy (non-hydrogen) atoms. The molecule has 6 nitrogen and oxygen atoms in total. The van der Waals surface area contributed by atoms with Gasteiger partial charge in [-0.3, -0.25) is 0 Å². The van der Waals surface area contributed by atoms with Crippen LogP contribution in [0.5, 0.6) is 0 Å². The lowest BCUT2D eigenvalue weighted by Gasteiger charge is -2.11. The Hall–Kier alpha value is -3.09. The Labute approximate surface area is 144 Å². The van der Waals surface area contributed by atoms with Crippen LogP contribution in [0.1, 0.15) is 35.9 Å². The highest BCUT2D eigenvalue weighted by molar-refractivity contribution is 5.92. The fraction of sp³-hybridized carbons (Fsp3) is 0.222. The van der Waals surface area contributed by atoms with E-state index >= 15 is 0 Å². The van der Waals surface area contributed by atoms with Crippen LogP contribution in [-0.4, -0.2) is 33.3 Å². The van der Waals surface area contributed by atoms with E-state index in [1.807, 2.05) is 19.9 Å². The van der Waals surface area contributed by atoms with Crippen molar-refractivity contribution in [3.63, 3.8) is 0 Å². The molecule has 0 fully saturated rings. The monoisotopic (exact) mass is 340 g/mol. The molecule has 3 aromatic rings. The Morgan fingerprint density at radius 1 is 1.12 bits per heavy atom. The van der Waals surface area contributed by atoms with Gasteiger partial charge in [0.1, 0.15) is 5.82 Å². The molecule has 0 N–H and O–H groups in total. The number of carbonyl (C=O) groups excluding carboxylic acids is 1. The number of aromatic nitrogens is 4. The van der Waals surface area contributed by atoms with Crippen molar-refractivity contribution in [3.8, 4) is 16.8 Å². The summed E-state index contributed by atoms with van der Waals surface area (Å²) in [6, 6.07) is 11.3. The van der Waals surface area contributed by atoms with Crippen LogP contribution in [0.25, 0.3) is 16.8 Å².